The molecule has 0 aliphatic heterocycles. The Kier molecular flexibility index (Phi) is 2.84. The first-order valence-corrected chi connectivity index (χ1v) is 3.94. The van der Waals surface area contributed by atoms with Crippen LogP contribution in [0.1, 0.15) is 12.5 Å². The lowest BCUT2D eigenvalue weighted by Gasteiger charge is -2.21. The number of aliphatic hydroxyl groups is 2. The minimum Gasteiger partial charge on any atom is -0.406 e. The smallest absolute Gasteiger partial charge is 0.298 e. The molecule has 0 fully saturated rings. The molecule has 1 rings (SSSR count). The van der Waals surface area contributed by atoms with Crippen molar-refractivity contribution in [2.75, 3.05) is 14.2 Å². The van der Waals surface area contributed by atoms with Crippen molar-refractivity contribution in [1.82, 2.24) is 0 Å². The molecule has 0 aliphatic rings. The molecule has 2 nitrogen and oxygen atoms in total. The summed E-state index contributed by atoms with van der Waals surface area (Å²) in [6.07, 6.45) is 0. The van der Waals surface area contributed by atoms with Gasteiger partial charge in [0.1, 0.15) is 7.11 Å². The summed E-state index contributed by atoms with van der Waals surface area (Å²) < 4.78 is 9.49. The molecular formula is C10H15O2+. The van der Waals surface area contributed by atoms with Crippen LogP contribution in [0.2, 0.25) is 0 Å². The minimum atomic E-state index is -0.499. The molecular weight excluding hydrogens is 152 g/mol. The van der Waals surface area contributed by atoms with Crippen LogP contribution in [0.4, 0.5) is 0 Å². The first-order chi connectivity index (χ1) is 5.73. The van der Waals surface area contributed by atoms with Gasteiger partial charge in [-0.1, -0.05) is 18.2 Å². The molecule has 1 aromatic rings. The third kappa shape index (κ3) is 1.65. The van der Waals surface area contributed by atoms with E-state index in [0.29, 0.717) is 0 Å². The van der Waals surface area contributed by atoms with E-state index in [1.807, 2.05) is 37.3 Å². The van der Waals surface area contributed by atoms with E-state index in [0.717, 1.165) is 5.56 Å². The van der Waals surface area contributed by atoms with Crippen LogP contribution in [-0.4, -0.2) is 19.0 Å². The molecule has 0 spiro atoms. The second-order valence-electron chi connectivity index (χ2n) is 2.78. The summed E-state index contributed by atoms with van der Waals surface area (Å²) in [4.78, 5) is 0. The lowest BCUT2D eigenvalue weighted by Crippen LogP contribution is -2.29. The maximum atomic E-state index is 5.31. The summed E-state index contributed by atoms with van der Waals surface area (Å²) >= 11 is 0. The number of ether oxygens (including phenoxy) is 2. The molecule has 0 heterocycles. The van der Waals surface area contributed by atoms with Gasteiger partial charge >= 0.3 is 0 Å². The zero-order valence-electron chi connectivity index (χ0n) is 7.74. The van der Waals surface area contributed by atoms with Crippen LogP contribution in [0.3, 0.4) is 0 Å². The van der Waals surface area contributed by atoms with Crippen molar-refractivity contribution in [3.05, 3.63) is 35.9 Å². The van der Waals surface area contributed by atoms with E-state index in [1.54, 1.807) is 14.2 Å². The molecule has 0 amide bonds. The molecule has 0 saturated heterocycles. The van der Waals surface area contributed by atoms with Gasteiger partial charge in [0.05, 0.1) is 5.56 Å². The number of hydrogen-bond donors (Lipinski definition) is 0. The van der Waals surface area contributed by atoms with E-state index in [2.05, 4.69) is 4.74 Å². The van der Waals surface area contributed by atoms with Crippen LogP contribution in [0.5, 0.6) is 0 Å². The third-order valence-corrected chi connectivity index (χ3v) is 2.13. The van der Waals surface area contributed by atoms with Crippen LogP contribution in [0, 0.1) is 0 Å². The number of rotatable bonds is 3. The van der Waals surface area contributed by atoms with Gasteiger partial charge in [0.15, 0.2) is 0 Å². The molecule has 0 aliphatic carbocycles. The molecule has 0 radical (unpaired) electrons. The zero-order valence-corrected chi connectivity index (χ0v) is 7.74. The normalized spacial score (nSPS) is 15.6. The van der Waals surface area contributed by atoms with Crippen LogP contribution in [0.25, 0.3) is 0 Å². The topological polar surface area (TPSA) is 22.0 Å². The molecule has 1 aromatic carbocycles. The number of methoxy groups -OCH3 is 1. The summed E-state index contributed by atoms with van der Waals surface area (Å²) in [6, 6.07) is 9.97. The Morgan fingerprint density at radius 1 is 1.25 bits per heavy atom. The van der Waals surface area contributed by atoms with Crippen molar-refractivity contribution in [3.8, 4) is 0 Å². The maximum absolute atomic E-state index is 5.31. The maximum Gasteiger partial charge on any atom is 0.298 e. The highest BCUT2D eigenvalue weighted by molar-refractivity contribution is 5.19. The van der Waals surface area contributed by atoms with Gasteiger partial charge in [-0.3, -0.25) is 0 Å². The summed E-state index contributed by atoms with van der Waals surface area (Å²) in [5.74, 6) is -0.499. The Bertz CT molecular complexity index is 227. The molecule has 2 heteroatoms. The molecule has 66 valence electrons. The average molecular weight is 167 g/mol. The lowest BCUT2D eigenvalue weighted by atomic mass is 10.1. The zero-order chi connectivity index (χ0) is 9.03. The summed E-state index contributed by atoms with van der Waals surface area (Å²) in [5.41, 5.74) is 1.08. The second kappa shape index (κ2) is 3.70. The van der Waals surface area contributed by atoms with Crippen LogP contribution < -0.4 is 0 Å². The van der Waals surface area contributed by atoms with E-state index >= 15 is 0 Å². The fraction of sp³-hybridized carbons (Fsp3) is 0.400. The monoisotopic (exact) mass is 167 g/mol. The predicted molar refractivity (Wildman–Crippen MR) is 48.9 cm³/mol. The van der Waals surface area contributed by atoms with E-state index in [9.17, 15) is 0 Å². The molecule has 12 heavy (non-hydrogen) atoms. The minimum absolute atomic E-state index is 0.499. The summed E-state index contributed by atoms with van der Waals surface area (Å²) in [7, 11) is 3.43. The first kappa shape index (κ1) is 9.23. The van der Waals surface area contributed by atoms with Crippen molar-refractivity contribution in [2.45, 2.75) is 12.7 Å². The fourth-order valence-electron chi connectivity index (χ4n) is 1.09. The van der Waals surface area contributed by atoms with Gasteiger partial charge < -0.3 is 9.47 Å². The van der Waals surface area contributed by atoms with E-state index < -0.39 is 5.79 Å². The van der Waals surface area contributed by atoms with E-state index in [-0.39, 0.29) is 0 Å². The van der Waals surface area contributed by atoms with Gasteiger partial charge in [-0.05, 0) is 12.1 Å². The molecule has 0 bridgehead atoms. The van der Waals surface area contributed by atoms with Gasteiger partial charge in [-0.25, -0.2) is 0 Å². The fourth-order valence-corrected chi connectivity index (χ4v) is 1.09. The molecule has 0 aromatic heterocycles. The van der Waals surface area contributed by atoms with Gasteiger partial charge in [0.2, 0.25) is 0 Å². The van der Waals surface area contributed by atoms with E-state index in [1.165, 1.54) is 0 Å². The SMILES string of the molecule is COC(C)([OH+]C)c1ccccc1. The van der Waals surface area contributed by atoms with Crippen LogP contribution >= 0.6 is 0 Å². The van der Waals surface area contributed by atoms with Gasteiger partial charge in [-0.15, -0.1) is 0 Å². The van der Waals surface area contributed by atoms with Crippen molar-refractivity contribution in [3.63, 3.8) is 0 Å². The molecule has 1 atom stereocenters. The van der Waals surface area contributed by atoms with Gasteiger partial charge in [0, 0.05) is 14.0 Å². The average Bonchev–Trinajstić information content (AvgIpc) is 2.18. The Morgan fingerprint density at radius 2 is 1.83 bits per heavy atom. The quantitative estimate of drug-likeness (QED) is 0.495. The molecule has 0 saturated carbocycles. The molecule has 1 unspecified atom stereocenters. The summed E-state index contributed by atoms with van der Waals surface area (Å²) in [5, 5.41) is 0. The third-order valence-electron chi connectivity index (χ3n) is 2.13. The number of hydrogen-bond acceptors (Lipinski definition) is 1. The van der Waals surface area contributed by atoms with Crippen molar-refractivity contribution < 1.29 is 9.47 Å². The predicted octanol–water partition coefficient (Wildman–Crippen LogP) is 1.66. The Hall–Kier alpha value is -0.860. The van der Waals surface area contributed by atoms with Gasteiger partial charge in [0.25, 0.3) is 5.79 Å². The highest BCUT2D eigenvalue weighted by Crippen LogP contribution is 2.22. The largest absolute Gasteiger partial charge is 0.406 e. The van der Waals surface area contributed by atoms with E-state index in [4.69, 9.17) is 4.74 Å². The lowest BCUT2D eigenvalue weighted by molar-refractivity contribution is -0.292. The Morgan fingerprint density at radius 3 is 2.25 bits per heavy atom. The van der Waals surface area contributed by atoms with Crippen molar-refractivity contribution >= 4 is 0 Å². The van der Waals surface area contributed by atoms with Gasteiger partial charge in [-0.2, -0.15) is 0 Å². The van der Waals surface area contributed by atoms with Crippen molar-refractivity contribution in [2.24, 2.45) is 0 Å². The first-order valence-electron chi connectivity index (χ1n) is 3.94. The Balaban J connectivity index is 2.95. The standard InChI is InChI=1S/C10H14O2/c1-10(11-2,12-3)9-7-5-4-6-8-9/h4-8H,1-3H3/p+1. The second-order valence-corrected chi connectivity index (χ2v) is 2.78. The Labute approximate surface area is 73.1 Å². The van der Waals surface area contributed by atoms with Crippen LogP contribution in [0.15, 0.2) is 30.3 Å². The van der Waals surface area contributed by atoms with Crippen LogP contribution in [-0.2, 0) is 10.5 Å². The highest BCUT2D eigenvalue weighted by atomic mass is 16.7. The highest BCUT2D eigenvalue weighted by Gasteiger charge is 2.30. The summed E-state index contributed by atoms with van der Waals surface area (Å²) in [6.45, 7) is 1.95. The molecule has 1 N–H and O–H groups in total. The van der Waals surface area contributed by atoms with Crippen molar-refractivity contribution in [1.29, 1.82) is 0 Å². The number of benzene rings is 1.